The second kappa shape index (κ2) is 7.58. The zero-order valence-corrected chi connectivity index (χ0v) is 12.1. The number of hydrogen-bond acceptors (Lipinski definition) is 4. The first-order valence-corrected chi connectivity index (χ1v) is 7.17. The van der Waals surface area contributed by atoms with Crippen LogP contribution in [0.3, 0.4) is 0 Å². The molecule has 4 nitrogen and oxygen atoms in total. The van der Waals surface area contributed by atoms with E-state index in [0.29, 0.717) is 5.92 Å². The van der Waals surface area contributed by atoms with Crippen molar-refractivity contribution in [1.29, 1.82) is 0 Å². The minimum absolute atomic E-state index is 0.693. The van der Waals surface area contributed by atoms with Gasteiger partial charge in [-0.25, -0.2) is 0 Å². The van der Waals surface area contributed by atoms with Gasteiger partial charge in [-0.15, -0.1) is 0 Å². The molecule has 1 unspecified atom stereocenters. The van der Waals surface area contributed by atoms with Gasteiger partial charge in [-0.3, -0.25) is 9.88 Å². The normalized spacial score (nSPS) is 20.0. The highest BCUT2D eigenvalue weighted by Crippen LogP contribution is 2.18. The van der Waals surface area contributed by atoms with Gasteiger partial charge in [0.2, 0.25) is 0 Å². The maximum absolute atomic E-state index is 5.23. The lowest BCUT2D eigenvalue weighted by molar-refractivity contribution is 0.152. The van der Waals surface area contributed by atoms with E-state index in [1.807, 2.05) is 6.20 Å². The smallest absolute Gasteiger partial charge is 0.0544 e. The van der Waals surface area contributed by atoms with Gasteiger partial charge in [-0.05, 0) is 37.1 Å². The average Bonchev–Trinajstić information content (AvgIpc) is 2.86. The molecule has 2 rings (SSSR count). The summed E-state index contributed by atoms with van der Waals surface area (Å²) in [6.45, 7) is 8.15. The molecule has 0 radical (unpaired) electrons. The summed E-state index contributed by atoms with van der Waals surface area (Å²) in [5, 5.41) is 3.31. The molecule has 0 saturated carbocycles. The van der Waals surface area contributed by atoms with E-state index in [0.717, 1.165) is 39.3 Å². The summed E-state index contributed by atoms with van der Waals surface area (Å²) in [5.74, 6) is 0.693. The third-order valence-corrected chi connectivity index (χ3v) is 3.62. The molecule has 2 heterocycles. The Bertz CT molecular complexity index is 366. The van der Waals surface area contributed by atoms with E-state index in [1.165, 1.54) is 17.7 Å². The number of aromatic nitrogens is 1. The fourth-order valence-electron chi connectivity index (χ4n) is 2.58. The fourth-order valence-corrected chi connectivity index (χ4v) is 2.58. The van der Waals surface area contributed by atoms with Crippen LogP contribution in [0.15, 0.2) is 18.3 Å². The van der Waals surface area contributed by atoms with Crippen LogP contribution in [0.25, 0.3) is 0 Å². The van der Waals surface area contributed by atoms with Crippen molar-refractivity contribution in [3.8, 4) is 0 Å². The molecule has 1 fully saturated rings. The van der Waals surface area contributed by atoms with Crippen LogP contribution in [0.1, 0.15) is 24.6 Å². The maximum atomic E-state index is 5.23. The summed E-state index contributed by atoms with van der Waals surface area (Å²) in [6, 6.07) is 4.32. The Labute approximate surface area is 116 Å². The third-order valence-electron chi connectivity index (χ3n) is 3.62. The first kappa shape index (κ1) is 14.4. The van der Waals surface area contributed by atoms with Crippen LogP contribution in [0.2, 0.25) is 0 Å². The zero-order valence-electron chi connectivity index (χ0n) is 12.1. The Hall–Kier alpha value is -0.970. The topological polar surface area (TPSA) is 37.4 Å². The minimum atomic E-state index is 0.693. The van der Waals surface area contributed by atoms with Gasteiger partial charge >= 0.3 is 0 Å². The van der Waals surface area contributed by atoms with Crippen LogP contribution in [-0.2, 0) is 17.8 Å². The van der Waals surface area contributed by atoms with Gasteiger partial charge in [-0.1, -0.05) is 13.0 Å². The monoisotopic (exact) mass is 263 g/mol. The summed E-state index contributed by atoms with van der Waals surface area (Å²) in [4.78, 5) is 7.02. The van der Waals surface area contributed by atoms with E-state index >= 15 is 0 Å². The van der Waals surface area contributed by atoms with Crippen LogP contribution in [0, 0.1) is 5.92 Å². The maximum Gasteiger partial charge on any atom is 0.0544 e. The SMILES string of the molecule is CCNCc1ccc(CN2CCC(COC)C2)nc1. The van der Waals surface area contributed by atoms with E-state index < -0.39 is 0 Å². The number of pyridine rings is 1. The molecule has 0 aromatic carbocycles. The predicted octanol–water partition coefficient (Wildman–Crippen LogP) is 1.66. The number of rotatable bonds is 7. The Morgan fingerprint density at radius 3 is 3.05 bits per heavy atom. The van der Waals surface area contributed by atoms with Gasteiger partial charge in [0.1, 0.15) is 0 Å². The lowest BCUT2D eigenvalue weighted by atomic mass is 10.1. The molecule has 1 saturated heterocycles. The van der Waals surface area contributed by atoms with E-state index in [2.05, 4.69) is 34.3 Å². The Morgan fingerprint density at radius 1 is 1.47 bits per heavy atom. The van der Waals surface area contributed by atoms with E-state index in [4.69, 9.17) is 4.74 Å². The van der Waals surface area contributed by atoms with Crippen molar-refractivity contribution in [1.82, 2.24) is 15.2 Å². The fraction of sp³-hybridized carbons (Fsp3) is 0.667. The molecular weight excluding hydrogens is 238 g/mol. The lowest BCUT2D eigenvalue weighted by Gasteiger charge is -2.15. The Balaban J connectivity index is 1.80. The third kappa shape index (κ3) is 4.56. The molecule has 0 amide bonds. The highest BCUT2D eigenvalue weighted by Gasteiger charge is 2.22. The molecule has 1 atom stereocenters. The van der Waals surface area contributed by atoms with Gasteiger partial charge < -0.3 is 10.1 Å². The second-order valence-corrected chi connectivity index (χ2v) is 5.28. The highest BCUT2D eigenvalue weighted by molar-refractivity contribution is 5.14. The largest absolute Gasteiger partial charge is 0.384 e. The number of hydrogen-bond donors (Lipinski definition) is 1. The number of methoxy groups -OCH3 is 1. The van der Waals surface area contributed by atoms with Crippen molar-refractivity contribution in [3.05, 3.63) is 29.6 Å². The molecule has 0 spiro atoms. The summed E-state index contributed by atoms with van der Waals surface area (Å²) in [5.41, 5.74) is 2.42. The van der Waals surface area contributed by atoms with Gasteiger partial charge in [0.25, 0.3) is 0 Å². The van der Waals surface area contributed by atoms with Crippen molar-refractivity contribution in [2.75, 3.05) is 33.4 Å². The molecule has 1 aliphatic heterocycles. The second-order valence-electron chi connectivity index (χ2n) is 5.28. The van der Waals surface area contributed by atoms with E-state index in [1.54, 1.807) is 7.11 Å². The number of likely N-dealkylation sites (tertiary alicyclic amines) is 1. The van der Waals surface area contributed by atoms with Gasteiger partial charge in [0.05, 0.1) is 12.3 Å². The summed E-state index contributed by atoms with van der Waals surface area (Å²) in [7, 11) is 1.78. The molecule has 1 aromatic rings. The van der Waals surface area contributed by atoms with Crippen molar-refractivity contribution in [2.45, 2.75) is 26.4 Å². The molecule has 0 aliphatic carbocycles. The Morgan fingerprint density at radius 2 is 2.37 bits per heavy atom. The van der Waals surface area contributed by atoms with Crippen molar-refractivity contribution in [3.63, 3.8) is 0 Å². The average molecular weight is 263 g/mol. The van der Waals surface area contributed by atoms with Crippen LogP contribution in [0.5, 0.6) is 0 Å². The number of ether oxygens (including phenoxy) is 1. The molecule has 1 aliphatic rings. The molecule has 19 heavy (non-hydrogen) atoms. The van der Waals surface area contributed by atoms with E-state index in [-0.39, 0.29) is 0 Å². The predicted molar refractivity (Wildman–Crippen MR) is 76.9 cm³/mol. The van der Waals surface area contributed by atoms with Gasteiger partial charge in [-0.2, -0.15) is 0 Å². The van der Waals surface area contributed by atoms with Crippen molar-refractivity contribution < 1.29 is 4.74 Å². The molecular formula is C15H25N3O. The highest BCUT2D eigenvalue weighted by atomic mass is 16.5. The van der Waals surface area contributed by atoms with Crippen LogP contribution in [0.4, 0.5) is 0 Å². The van der Waals surface area contributed by atoms with Crippen LogP contribution < -0.4 is 5.32 Å². The molecule has 106 valence electrons. The molecule has 1 aromatic heterocycles. The first-order valence-electron chi connectivity index (χ1n) is 7.17. The number of nitrogens with zero attached hydrogens (tertiary/aromatic N) is 2. The standard InChI is InChI=1S/C15H25N3O/c1-3-16-8-13-4-5-15(17-9-13)11-18-7-6-14(10-18)12-19-2/h4-5,9,14,16H,3,6-8,10-12H2,1-2H3. The molecule has 0 bridgehead atoms. The molecule has 1 N–H and O–H groups in total. The van der Waals surface area contributed by atoms with Crippen molar-refractivity contribution >= 4 is 0 Å². The Kier molecular flexibility index (Phi) is 5.76. The summed E-state index contributed by atoms with van der Waals surface area (Å²) < 4.78 is 5.23. The summed E-state index contributed by atoms with van der Waals surface area (Å²) >= 11 is 0. The van der Waals surface area contributed by atoms with E-state index in [9.17, 15) is 0 Å². The first-order chi connectivity index (χ1) is 9.31. The van der Waals surface area contributed by atoms with Gasteiger partial charge in [0.15, 0.2) is 0 Å². The lowest BCUT2D eigenvalue weighted by Crippen LogP contribution is -2.22. The minimum Gasteiger partial charge on any atom is -0.384 e. The van der Waals surface area contributed by atoms with Gasteiger partial charge in [0, 0.05) is 32.9 Å². The quantitative estimate of drug-likeness (QED) is 0.812. The zero-order chi connectivity index (χ0) is 13.5. The number of nitrogens with one attached hydrogen (secondary N) is 1. The molecule has 4 heteroatoms. The van der Waals surface area contributed by atoms with Crippen LogP contribution in [-0.4, -0.2) is 43.2 Å². The van der Waals surface area contributed by atoms with Crippen LogP contribution >= 0.6 is 0 Å². The summed E-state index contributed by atoms with van der Waals surface area (Å²) in [6.07, 6.45) is 3.23. The van der Waals surface area contributed by atoms with Crippen molar-refractivity contribution in [2.24, 2.45) is 5.92 Å².